The lowest BCUT2D eigenvalue weighted by Crippen LogP contribution is -2.32. The van der Waals surface area contributed by atoms with Crippen molar-refractivity contribution >= 4 is 58.0 Å². The fraction of sp³-hybridized carbons (Fsp3) is 0.0769. The average Bonchev–Trinajstić information content (AvgIpc) is 3.23. The molecular formula is C26H18Cl3N3O2. The molecule has 1 aliphatic rings. The Bertz CT molecular complexity index is 1430. The summed E-state index contributed by atoms with van der Waals surface area (Å²) in [5.74, 6) is -0.634. The number of nitrogens with one attached hydrogen (secondary N) is 1. The van der Waals surface area contributed by atoms with Crippen molar-refractivity contribution in [1.82, 2.24) is 4.57 Å². The van der Waals surface area contributed by atoms with Crippen LogP contribution >= 0.6 is 34.8 Å². The molecule has 2 heterocycles. The Balaban J connectivity index is 1.42. The van der Waals surface area contributed by atoms with E-state index in [0.29, 0.717) is 24.2 Å². The van der Waals surface area contributed by atoms with Crippen LogP contribution in [0.4, 0.5) is 11.4 Å². The van der Waals surface area contributed by atoms with Gasteiger partial charge in [-0.05, 0) is 54.6 Å². The normalized spacial score (nSPS) is 12.5. The summed E-state index contributed by atoms with van der Waals surface area (Å²) in [7, 11) is 0. The summed E-state index contributed by atoms with van der Waals surface area (Å²) >= 11 is 18.7. The largest absolute Gasteiger partial charge is 0.322 e. The molecule has 8 heteroatoms. The number of hydrogen-bond acceptors (Lipinski definition) is 2. The summed E-state index contributed by atoms with van der Waals surface area (Å²) in [5.41, 5.74) is 3.91. The van der Waals surface area contributed by atoms with Crippen molar-refractivity contribution in [2.75, 3.05) is 16.8 Å². The van der Waals surface area contributed by atoms with Gasteiger partial charge in [-0.3, -0.25) is 9.59 Å². The number of para-hydroxylation sites is 2. The molecule has 5 nitrogen and oxygen atoms in total. The number of hydrogen-bond donors (Lipinski definition) is 1. The second kappa shape index (κ2) is 9.18. The molecule has 0 spiro atoms. The highest BCUT2D eigenvalue weighted by atomic mass is 35.5. The van der Waals surface area contributed by atoms with E-state index in [2.05, 4.69) is 16.0 Å². The van der Waals surface area contributed by atoms with E-state index in [0.717, 1.165) is 17.1 Å². The molecule has 170 valence electrons. The minimum Gasteiger partial charge on any atom is -0.322 e. The van der Waals surface area contributed by atoms with Gasteiger partial charge in [0, 0.05) is 30.5 Å². The lowest BCUT2D eigenvalue weighted by Gasteiger charge is -2.23. The first-order chi connectivity index (χ1) is 16.4. The molecular weight excluding hydrogens is 493 g/mol. The third-order valence-electron chi connectivity index (χ3n) is 5.76. The molecule has 1 aliphatic heterocycles. The molecule has 3 aromatic carbocycles. The van der Waals surface area contributed by atoms with Crippen LogP contribution in [-0.4, -0.2) is 22.9 Å². The van der Waals surface area contributed by atoms with Crippen molar-refractivity contribution in [3.8, 4) is 5.69 Å². The van der Waals surface area contributed by atoms with Crippen LogP contribution in [0.15, 0.2) is 79.0 Å². The number of halogens is 3. The maximum atomic E-state index is 13.6. The Hall–Kier alpha value is -3.25. The van der Waals surface area contributed by atoms with E-state index >= 15 is 0 Å². The quantitative estimate of drug-likeness (QED) is 0.326. The maximum Gasteiger partial charge on any atom is 0.259 e. The first-order valence-electron chi connectivity index (χ1n) is 10.6. The van der Waals surface area contributed by atoms with Crippen LogP contribution in [0, 0.1) is 0 Å². The number of fused-ring (bicyclic) bond motifs is 3. The van der Waals surface area contributed by atoms with E-state index < -0.39 is 5.91 Å². The minimum atomic E-state index is -0.425. The standard InChI is InChI=1S/C26H18Cl3N3O2/c27-20-7-3-6-19(24(20)29)25(33)30-16-10-11-18(21(28)15-16)26(34)32-14-12-17-5-4-13-31(17)22-8-1-2-9-23(22)32/h1-11,13,15H,12,14H2,(H,30,33). The number of rotatable bonds is 3. The van der Waals surface area contributed by atoms with Gasteiger partial charge in [-0.25, -0.2) is 0 Å². The maximum absolute atomic E-state index is 13.6. The van der Waals surface area contributed by atoms with Gasteiger partial charge in [0.05, 0.1) is 37.6 Å². The van der Waals surface area contributed by atoms with Crippen LogP contribution in [0.1, 0.15) is 26.4 Å². The number of aromatic nitrogens is 1. The number of benzene rings is 3. The van der Waals surface area contributed by atoms with E-state index in [1.165, 1.54) is 0 Å². The fourth-order valence-corrected chi connectivity index (χ4v) is 4.75. The van der Waals surface area contributed by atoms with Crippen LogP contribution in [0.2, 0.25) is 15.1 Å². The summed E-state index contributed by atoms with van der Waals surface area (Å²) in [4.78, 5) is 28.0. The molecule has 4 aromatic rings. The second-order valence-electron chi connectivity index (χ2n) is 7.82. The van der Waals surface area contributed by atoms with Gasteiger partial charge < -0.3 is 14.8 Å². The van der Waals surface area contributed by atoms with E-state index in [1.54, 1.807) is 41.3 Å². The van der Waals surface area contributed by atoms with Crippen molar-refractivity contribution in [1.29, 1.82) is 0 Å². The van der Waals surface area contributed by atoms with Gasteiger partial charge >= 0.3 is 0 Å². The Morgan fingerprint density at radius 1 is 0.794 bits per heavy atom. The Morgan fingerprint density at radius 3 is 2.38 bits per heavy atom. The summed E-state index contributed by atoms with van der Waals surface area (Å²) in [6.45, 7) is 0.516. The average molecular weight is 511 g/mol. The lowest BCUT2D eigenvalue weighted by molar-refractivity contribution is 0.0986. The molecule has 0 fully saturated rings. The number of carbonyl (C=O) groups is 2. The molecule has 1 aromatic heterocycles. The molecule has 1 N–H and O–H groups in total. The Kier molecular flexibility index (Phi) is 6.09. The van der Waals surface area contributed by atoms with Crippen molar-refractivity contribution in [2.45, 2.75) is 6.42 Å². The fourth-order valence-electron chi connectivity index (χ4n) is 4.10. The smallest absolute Gasteiger partial charge is 0.259 e. The zero-order valence-corrected chi connectivity index (χ0v) is 20.0. The summed E-state index contributed by atoms with van der Waals surface area (Å²) in [6.07, 6.45) is 2.71. The van der Waals surface area contributed by atoms with Crippen LogP contribution < -0.4 is 10.2 Å². The third kappa shape index (κ3) is 4.07. The van der Waals surface area contributed by atoms with Gasteiger partial charge in [0.15, 0.2) is 0 Å². The van der Waals surface area contributed by atoms with Gasteiger partial charge in [-0.2, -0.15) is 0 Å². The zero-order chi connectivity index (χ0) is 23.8. The second-order valence-corrected chi connectivity index (χ2v) is 9.01. The molecule has 5 rings (SSSR count). The van der Waals surface area contributed by atoms with Gasteiger partial charge in [-0.1, -0.05) is 53.0 Å². The molecule has 0 aliphatic carbocycles. The van der Waals surface area contributed by atoms with Crippen molar-refractivity contribution in [3.05, 3.63) is 111 Å². The van der Waals surface area contributed by atoms with Crippen LogP contribution in [0.3, 0.4) is 0 Å². The molecule has 0 atom stereocenters. The van der Waals surface area contributed by atoms with Gasteiger partial charge in [0.25, 0.3) is 11.8 Å². The minimum absolute atomic E-state index is 0.171. The van der Waals surface area contributed by atoms with Crippen molar-refractivity contribution in [2.24, 2.45) is 0 Å². The topological polar surface area (TPSA) is 54.3 Å². The lowest BCUT2D eigenvalue weighted by atomic mass is 10.1. The van der Waals surface area contributed by atoms with E-state index in [1.807, 2.05) is 36.5 Å². The number of anilines is 2. The Morgan fingerprint density at radius 2 is 1.59 bits per heavy atom. The molecule has 0 saturated carbocycles. The molecule has 0 saturated heterocycles. The Labute approximate surface area is 211 Å². The molecule has 2 amide bonds. The van der Waals surface area contributed by atoms with Crippen LogP contribution in [0.25, 0.3) is 5.69 Å². The van der Waals surface area contributed by atoms with Crippen LogP contribution in [0.5, 0.6) is 0 Å². The van der Waals surface area contributed by atoms with E-state index in [9.17, 15) is 9.59 Å². The van der Waals surface area contributed by atoms with Crippen molar-refractivity contribution in [3.63, 3.8) is 0 Å². The predicted octanol–water partition coefficient (Wildman–Crippen LogP) is 6.89. The SMILES string of the molecule is O=C(Nc1ccc(C(=O)N2CCc3cccn3-c3ccccc32)c(Cl)c1)c1cccc(Cl)c1Cl. The summed E-state index contributed by atoms with van der Waals surface area (Å²) in [6, 6.07) is 21.5. The number of carbonyl (C=O) groups excluding carboxylic acids is 2. The molecule has 0 radical (unpaired) electrons. The van der Waals surface area contributed by atoms with E-state index in [4.69, 9.17) is 34.8 Å². The highest BCUT2D eigenvalue weighted by Gasteiger charge is 2.26. The first kappa shape index (κ1) is 22.5. The highest BCUT2D eigenvalue weighted by molar-refractivity contribution is 6.44. The summed E-state index contributed by atoms with van der Waals surface area (Å²) in [5, 5.41) is 3.45. The van der Waals surface area contributed by atoms with Gasteiger partial charge in [0.2, 0.25) is 0 Å². The zero-order valence-electron chi connectivity index (χ0n) is 17.8. The molecule has 34 heavy (non-hydrogen) atoms. The monoisotopic (exact) mass is 509 g/mol. The number of nitrogens with zero attached hydrogens (tertiary/aromatic N) is 2. The van der Waals surface area contributed by atoms with Gasteiger partial charge in [0.1, 0.15) is 0 Å². The summed E-state index contributed by atoms with van der Waals surface area (Å²) < 4.78 is 2.10. The van der Waals surface area contributed by atoms with Crippen molar-refractivity contribution < 1.29 is 9.59 Å². The first-order valence-corrected chi connectivity index (χ1v) is 11.7. The van der Waals surface area contributed by atoms with Crippen LogP contribution in [-0.2, 0) is 6.42 Å². The highest BCUT2D eigenvalue weighted by Crippen LogP contribution is 2.32. The molecule has 0 unspecified atom stereocenters. The molecule has 0 bridgehead atoms. The number of amides is 2. The predicted molar refractivity (Wildman–Crippen MR) is 137 cm³/mol. The van der Waals surface area contributed by atoms with Gasteiger partial charge in [-0.15, -0.1) is 0 Å². The third-order valence-corrected chi connectivity index (χ3v) is 6.89. The van der Waals surface area contributed by atoms with E-state index in [-0.39, 0.29) is 26.5 Å².